The van der Waals surface area contributed by atoms with Crippen molar-refractivity contribution in [3.05, 3.63) is 30.9 Å². The third-order valence-electron chi connectivity index (χ3n) is 2.08. The number of hydrogen-bond acceptors (Lipinski definition) is 2. The number of pyridine rings is 1. The van der Waals surface area contributed by atoms with E-state index in [0.29, 0.717) is 0 Å². The smallest absolute Gasteiger partial charge is 0.330 e. The summed E-state index contributed by atoms with van der Waals surface area (Å²) in [6.07, 6.45) is 7.19. The highest BCUT2D eigenvalue weighted by atomic mass is 14.9. The van der Waals surface area contributed by atoms with Crippen LogP contribution in [-0.2, 0) is 0 Å². The molecule has 0 amide bonds. The van der Waals surface area contributed by atoms with Gasteiger partial charge in [-0.15, -0.1) is 0 Å². The van der Waals surface area contributed by atoms with Crippen molar-refractivity contribution < 1.29 is 4.98 Å². The summed E-state index contributed by atoms with van der Waals surface area (Å²) in [5.41, 5.74) is 2.82. The van der Waals surface area contributed by atoms with Crippen molar-refractivity contribution in [3.8, 4) is 0 Å². The van der Waals surface area contributed by atoms with E-state index in [9.17, 15) is 0 Å². The molecule has 0 aliphatic heterocycles. The first-order valence-corrected chi connectivity index (χ1v) is 4.03. The molecule has 3 rings (SSSR count). The van der Waals surface area contributed by atoms with Crippen molar-refractivity contribution in [1.82, 2.24) is 15.0 Å². The summed E-state index contributed by atoms with van der Waals surface area (Å²) in [7, 11) is 0. The molecule has 0 unspecified atom stereocenters. The molecule has 0 aromatic carbocycles. The molecule has 0 atom stereocenters. The fourth-order valence-electron chi connectivity index (χ4n) is 1.48. The standard InChI is InChI=1S/C9H6N4/c1-2-12-9-6(1)8-7(5-13-9)10-3-4-11-8/h1-5,10H/p+1. The molecule has 0 aliphatic rings. The summed E-state index contributed by atoms with van der Waals surface area (Å²) < 4.78 is 0. The lowest BCUT2D eigenvalue weighted by Gasteiger charge is -1.93. The van der Waals surface area contributed by atoms with Crippen LogP contribution < -0.4 is 4.98 Å². The predicted octanol–water partition coefficient (Wildman–Crippen LogP) is 0.925. The van der Waals surface area contributed by atoms with Gasteiger partial charge in [-0.2, -0.15) is 0 Å². The van der Waals surface area contributed by atoms with Crippen LogP contribution in [0.2, 0.25) is 0 Å². The highest BCUT2D eigenvalue weighted by Gasteiger charge is 2.08. The second-order valence-electron chi connectivity index (χ2n) is 2.85. The van der Waals surface area contributed by atoms with Crippen LogP contribution in [0.4, 0.5) is 0 Å². The average molecular weight is 171 g/mol. The molecule has 3 aromatic rings. The van der Waals surface area contributed by atoms with Crippen LogP contribution >= 0.6 is 0 Å². The fraction of sp³-hybridized carbons (Fsp3) is 0. The third-order valence-corrected chi connectivity index (χ3v) is 2.08. The number of aromatic nitrogens is 4. The molecule has 13 heavy (non-hydrogen) atoms. The Labute approximate surface area is 73.7 Å². The van der Waals surface area contributed by atoms with Gasteiger partial charge in [-0.3, -0.25) is 4.98 Å². The number of H-pyrrole nitrogens is 2. The highest BCUT2D eigenvalue weighted by Crippen LogP contribution is 2.15. The molecule has 3 aromatic heterocycles. The maximum absolute atomic E-state index is 4.29. The maximum Gasteiger partial charge on any atom is 0.330 e. The quantitative estimate of drug-likeness (QED) is 0.547. The van der Waals surface area contributed by atoms with Crippen molar-refractivity contribution in [2.45, 2.75) is 0 Å². The molecule has 0 radical (unpaired) electrons. The summed E-state index contributed by atoms with van der Waals surface area (Å²) in [5, 5.41) is 1.05. The van der Waals surface area contributed by atoms with Crippen LogP contribution in [0.1, 0.15) is 0 Å². The van der Waals surface area contributed by atoms with Gasteiger partial charge in [-0.1, -0.05) is 0 Å². The van der Waals surface area contributed by atoms with E-state index in [1.54, 1.807) is 18.6 Å². The molecule has 3 heterocycles. The van der Waals surface area contributed by atoms with Crippen molar-refractivity contribution in [2.24, 2.45) is 0 Å². The first-order valence-electron chi connectivity index (χ1n) is 4.03. The molecule has 2 N–H and O–H groups in total. The van der Waals surface area contributed by atoms with E-state index in [1.807, 2.05) is 12.3 Å². The van der Waals surface area contributed by atoms with Gasteiger partial charge >= 0.3 is 5.65 Å². The van der Waals surface area contributed by atoms with Crippen LogP contribution in [0.5, 0.6) is 0 Å². The Balaban J connectivity index is 2.65. The van der Waals surface area contributed by atoms with Gasteiger partial charge in [0.15, 0.2) is 0 Å². The zero-order chi connectivity index (χ0) is 8.67. The molecule has 4 nitrogen and oxygen atoms in total. The Morgan fingerprint density at radius 3 is 3.23 bits per heavy atom. The maximum atomic E-state index is 4.29. The molecule has 0 aliphatic carbocycles. The SMILES string of the molecule is c1cc2c(n1)[nH+]cc1[nH]ccnc12. The number of rotatable bonds is 0. The second-order valence-corrected chi connectivity index (χ2v) is 2.85. The Morgan fingerprint density at radius 1 is 1.23 bits per heavy atom. The summed E-state index contributed by atoms with van der Waals surface area (Å²) >= 11 is 0. The first kappa shape index (κ1) is 6.54. The van der Waals surface area contributed by atoms with Gasteiger partial charge in [-0.25, -0.2) is 4.98 Å². The molecular weight excluding hydrogens is 164 g/mol. The molecular formula is C9H7N4+. The van der Waals surface area contributed by atoms with Gasteiger partial charge < -0.3 is 4.98 Å². The minimum atomic E-state index is 0.875. The monoisotopic (exact) mass is 171 g/mol. The Kier molecular flexibility index (Phi) is 1.14. The van der Waals surface area contributed by atoms with Gasteiger partial charge in [-0.05, 0) is 11.1 Å². The van der Waals surface area contributed by atoms with Gasteiger partial charge in [0, 0.05) is 12.4 Å². The van der Waals surface area contributed by atoms with Crippen molar-refractivity contribution in [3.63, 3.8) is 0 Å². The minimum Gasteiger partial charge on any atom is -0.356 e. The summed E-state index contributed by atoms with van der Waals surface area (Å²) in [6.45, 7) is 0. The molecule has 0 saturated heterocycles. The lowest BCUT2D eigenvalue weighted by molar-refractivity contribution is -0.345. The topological polar surface area (TPSA) is 55.7 Å². The van der Waals surface area contributed by atoms with E-state index in [1.165, 1.54) is 0 Å². The van der Waals surface area contributed by atoms with Crippen molar-refractivity contribution >= 4 is 22.1 Å². The summed E-state index contributed by atoms with van der Waals surface area (Å²) in [6, 6.07) is 1.95. The van der Waals surface area contributed by atoms with Crippen molar-refractivity contribution in [2.75, 3.05) is 0 Å². The Bertz CT molecular complexity index is 570. The molecule has 4 heteroatoms. The normalized spacial score (nSPS) is 11.1. The van der Waals surface area contributed by atoms with Crippen molar-refractivity contribution in [1.29, 1.82) is 0 Å². The van der Waals surface area contributed by atoms with E-state index in [-0.39, 0.29) is 0 Å². The summed E-state index contributed by atoms with van der Waals surface area (Å²) in [5.74, 6) is 0. The highest BCUT2D eigenvalue weighted by molar-refractivity contribution is 5.98. The zero-order valence-corrected chi connectivity index (χ0v) is 6.78. The molecule has 62 valence electrons. The zero-order valence-electron chi connectivity index (χ0n) is 6.78. The lowest BCUT2D eigenvalue weighted by Crippen LogP contribution is -2.03. The van der Waals surface area contributed by atoms with Crippen LogP contribution in [0.3, 0.4) is 0 Å². The second kappa shape index (κ2) is 2.26. The summed E-state index contributed by atoms with van der Waals surface area (Å²) in [4.78, 5) is 14.7. The van der Waals surface area contributed by atoms with Gasteiger partial charge in [0.05, 0.1) is 5.39 Å². The Morgan fingerprint density at radius 2 is 2.23 bits per heavy atom. The number of hydrogen-bond donors (Lipinski definition) is 1. The van der Waals surface area contributed by atoms with Gasteiger partial charge in [0.1, 0.15) is 23.4 Å². The fourth-order valence-corrected chi connectivity index (χ4v) is 1.48. The van der Waals surface area contributed by atoms with Gasteiger partial charge in [0.2, 0.25) is 0 Å². The van der Waals surface area contributed by atoms with Gasteiger partial charge in [0.25, 0.3) is 0 Å². The predicted molar refractivity (Wildman–Crippen MR) is 48.0 cm³/mol. The molecule has 0 saturated carbocycles. The third kappa shape index (κ3) is 0.823. The number of fused-ring (bicyclic) bond motifs is 3. The minimum absolute atomic E-state index is 0.875. The van der Waals surface area contributed by atoms with E-state index in [0.717, 1.165) is 22.1 Å². The van der Waals surface area contributed by atoms with Crippen LogP contribution in [0.15, 0.2) is 30.9 Å². The number of nitrogens with one attached hydrogen (secondary N) is 2. The molecule has 0 spiro atoms. The van der Waals surface area contributed by atoms with Crippen LogP contribution in [0.25, 0.3) is 22.1 Å². The lowest BCUT2D eigenvalue weighted by atomic mass is 10.3. The molecule has 0 fully saturated rings. The Hall–Kier alpha value is -1.97. The largest absolute Gasteiger partial charge is 0.356 e. The van der Waals surface area contributed by atoms with E-state index >= 15 is 0 Å². The van der Waals surface area contributed by atoms with Crippen LogP contribution in [-0.4, -0.2) is 15.0 Å². The first-order chi connectivity index (χ1) is 6.45. The number of aromatic amines is 2. The average Bonchev–Trinajstić information content (AvgIpc) is 2.65. The van der Waals surface area contributed by atoms with Crippen LogP contribution in [0, 0.1) is 0 Å². The molecule has 0 bridgehead atoms. The number of nitrogens with zero attached hydrogens (tertiary/aromatic N) is 2. The van der Waals surface area contributed by atoms with E-state index in [4.69, 9.17) is 0 Å². The van der Waals surface area contributed by atoms with E-state index in [2.05, 4.69) is 19.9 Å². The van der Waals surface area contributed by atoms with E-state index < -0.39 is 0 Å².